The van der Waals surface area contributed by atoms with Gasteiger partial charge in [0.2, 0.25) is 0 Å². The van der Waals surface area contributed by atoms with Gasteiger partial charge < -0.3 is 24.8 Å². The van der Waals surface area contributed by atoms with Crippen LogP contribution in [0.3, 0.4) is 0 Å². The van der Waals surface area contributed by atoms with Crippen LogP contribution in [0.1, 0.15) is 71.8 Å². The Balaban J connectivity index is 1.67. The van der Waals surface area contributed by atoms with Crippen molar-refractivity contribution in [1.29, 1.82) is 0 Å². The lowest BCUT2D eigenvalue weighted by Gasteiger charge is -2.68. The Morgan fingerprint density at radius 1 is 1.00 bits per heavy atom. The molecule has 3 saturated carbocycles. The molecule has 3 N–H and O–H groups in total. The summed E-state index contributed by atoms with van der Waals surface area (Å²) in [5.74, 6) is -3.08. The van der Waals surface area contributed by atoms with Crippen molar-refractivity contribution in [3.8, 4) is 0 Å². The molecule has 40 heavy (non-hydrogen) atoms. The van der Waals surface area contributed by atoms with Crippen LogP contribution in [-0.4, -0.2) is 62.6 Å². The molecule has 9 atom stereocenters. The van der Waals surface area contributed by atoms with Gasteiger partial charge in [-0.3, -0.25) is 9.59 Å². The molecule has 0 aliphatic heterocycles. The molecule has 3 fully saturated rings. The van der Waals surface area contributed by atoms with Crippen molar-refractivity contribution in [2.24, 2.45) is 22.7 Å². The highest BCUT2D eigenvalue weighted by Crippen LogP contribution is 2.70. The Morgan fingerprint density at radius 2 is 1.70 bits per heavy atom. The third-order valence-electron chi connectivity index (χ3n) is 10.6. The molecule has 0 spiro atoms. The van der Waals surface area contributed by atoms with Gasteiger partial charge in [0.1, 0.15) is 29.2 Å². The second-order valence-corrected chi connectivity index (χ2v) is 12.7. The van der Waals surface area contributed by atoms with E-state index >= 15 is 0 Å². The van der Waals surface area contributed by atoms with E-state index in [9.17, 15) is 29.7 Å². The first-order valence-electron chi connectivity index (χ1n) is 14.2. The van der Waals surface area contributed by atoms with Gasteiger partial charge in [0.15, 0.2) is 0 Å². The third kappa shape index (κ3) is 4.10. The molecule has 0 saturated heterocycles. The van der Waals surface area contributed by atoms with E-state index in [1.807, 2.05) is 43.3 Å². The zero-order chi connectivity index (χ0) is 29.1. The van der Waals surface area contributed by atoms with Crippen molar-refractivity contribution in [1.82, 2.24) is 0 Å². The van der Waals surface area contributed by atoms with Gasteiger partial charge in [0, 0.05) is 30.3 Å². The number of carbonyl (C=O) groups is 3. The van der Waals surface area contributed by atoms with E-state index < -0.39 is 64.1 Å². The highest BCUT2D eigenvalue weighted by molar-refractivity contribution is 5.87. The molecule has 9 unspecified atom stereocenters. The molecule has 1 aromatic carbocycles. The summed E-state index contributed by atoms with van der Waals surface area (Å²) in [5, 5.41) is 35.7. The van der Waals surface area contributed by atoms with Crippen molar-refractivity contribution in [2.75, 3.05) is 0 Å². The number of ketones is 1. The summed E-state index contributed by atoms with van der Waals surface area (Å²) >= 11 is 0. The van der Waals surface area contributed by atoms with Crippen LogP contribution in [0.5, 0.6) is 0 Å². The zero-order valence-electron chi connectivity index (χ0n) is 23.6. The van der Waals surface area contributed by atoms with E-state index in [-0.39, 0.29) is 18.6 Å². The number of aliphatic hydroxyl groups excluding tert-OH is 1. The first-order chi connectivity index (χ1) is 18.8. The van der Waals surface area contributed by atoms with Crippen LogP contribution in [0.25, 0.3) is 6.08 Å². The second kappa shape index (κ2) is 9.93. The molecule has 0 radical (unpaired) electrons. The van der Waals surface area contributed by atoms with Gasteiger partial charge in [-0.05, 0) is 62.5 Å². The minimum absolute atomic E-state index is 0.0622. The number of aliphatic hydroxyl groups is 3. The summed E-state index contributed by atoms with van der Waals surface area (Å²) in [6.45, 7) is 6.34. The van der Waals surface area contributed by atoms with Gasteiger partial charge >= 0.3 is 11.9 Å². The molecule has 5 rings (SSSR count). The van der Waals surface area contributed by atoms with E-state index in [1.165, 1.54) is 19.9 Å². The summed E-state index contributed by atoms with van der Waals surface area (Å²) in [6, 6.07) is 9.25. The minimum atomic E-state index is -1.80. The zero-order valence-corrected chi connectivity index (χ0v) is 23.6. The number of hydrogen-bond donors (Lipinski definition) is 3. The number of ether oxygens (including phenoxy) is 2. The molecule has 4 aliphatic rings. The first-order valence-corrected chi connectivity index (χ1v) is 14.2. The van der Waals surface area contributed by atoms with E-state index in [2.05, 4.69) is 0 Å². The van der Waals surface area contributed by atoms with E-state index in [1.54, 1.807) is 13.0 Å². The Labute approximate surface area is 235 Å². The monoisotopic (exact) mass is 552 g/mol. The standard InChI is InChI=1S/C32H40O8/c1-19(33)24-14-17-32(38)30(24,4)28(39-20(2)34)26(40-25(36)11-10-21-8-6-5-7-9-21)27-29(3)15-13-23(35)18-22(29)12-16-31(27,32)37/h5-12,23-24,26-28,35,37-38H,13-18H2,1-4H3. The highest BCUT2D eigenvalue weighted by atomic mass is 16.6. The Kier molecular flexibility index (Phi) is 7.12. The van der Waals surface area contributed by atoms with Gasteiger partial charge in [-0.15, -0.1) is 0 Å². The Morgan fingerprint density at radius 3 is 2.35 bits per heavy atom. The molecule has 1 aromatic rings. The first kappa shape index (κ1) is 28.7. The molecule has 8 heteroatoms. The number of hydrogen-bond acceptors (Lipinski definition) is 8. The quantitative estimate of drug-likeness (QED) is 0.287. The lowest BCUT2D eigenvalue weighted by atomic mass is 9.42. The van der Waals surface area contributed by atoms with Crippen molar-refractivity contribution >= 4 is 23.8 Å². The van der Waals surface area contributed by atoms with Crippen molar-refractivity contribution < 1.29 is 39.2 Å². The van der Waals surface area contributed by atoms with E-state index in [0.29, 0.717) is 25.7 Å². The van der Waals surface area contributed by atoms with Crippen LogP contribution in [-0.2, 0) is 23.9 Å². The smallest absolute Gasteiger partial charge is 0.331 e. The van der Waals surface area contributed by atoms with Crippen molar-refractivity contribution in [3.63, 3.8) is 0 Å². The van der Waals surface area contributed by atoms with Gasteiger partial charge in [-0.2, -0.15) is 0 Å². The normalized spacial score (nSPS) is 42.3. The molecule has 0 bridgehead atoms. The topological polar surface area (TPSA) is 130 Å². The SMILES string of the molecule is CC(=O)OC1C(OC(=O)C=Cc2ccccc2)C2C3(C)CCC(O)CC3=CCC2(O)C2(O)CCC(C(C)=O)C12C. The number of fused-ring (bicyclic) bond motifs is 5. The van der Waals surface area contributed by atoms with Crippen LogP contribution < -0.4 is 0 Å². The minimum Gasteiger partial charge on any atom is -0.458 e. The summed E-state index contributed by atoms with van der Waals surface area (Å²) in [6.07, 6.45) is 3.80. The predicted octanol–water partition coefficient (Wildman–Crippen LogP) is 3.52. The molecular formula is C32H40O8. The highest BCUT2D eigenvalue weighted by Gasteiger charge is 2.80. The van der Waals surface area contributed by atoms with Gasteiger partial charge in [-0.1, -0.05) is 55.8 Å². The molecule has 0 aromatic heterocycles. The van der Waals surface area contributed by atoms with Crippen LogP contribution in [0.2, 0.25) is 0 Å². The fourth-order valence-electron chi connectivity index (χ4n) is 8.75. The average Bonchev–Trinajstić information content (AvgIpc) is 3.19. The Bertz CT molecular complexity index is 1250. The largest absolute Gasteiger partial charge is 0.458 e. The molecule has 8 nitrogen and oxygen atoms in total. The van der Waals surface area contributed by atoms with Gasteiger partial charge in [-0.25, -0.2) is 4.79 Å². The number of esters is 2. The summed E-state index contributed by atoms with van der Waals surface area (Å²) in [7, 11) is 0. The van der Waals surface area contributed by atoms with Crippen LogP contribution in [0.4, 0.5) is 0 Å². The number of rotatable bonds is 5. The average molecular weight is 553 g/mol. The molecule has 4 aliphatic carbocycles. The second-order valence-electron chi connectivity index (χ2n) is 12.7. The number of benzene rings is 1. The number of Topliss-reactive ketones (excluding diaryl/α,β-unsaturated/α-hetero) is 1. The summed E-state index contributed by atoms with van der Waals surface area (Å²) in [5.41, 5.74) is -4.04. The van der Waals surface area contributed by atoms with Gasteiger partial charge in [0.05, 0.1) is 6.10 Å². The summed E-state index contributed by atoms with van der Waals surface area (Å²) < 4.78 is 12.1. The van der Waals surface area contributed by atoms with E-state index in [0.717, 1.165) is 11.1 Å². The molecular weight excluding hydrogens is 512 g/mol. The van der Waals surface area contributed by atoms with Crippen molar-refractivity contribution in [3.05, 3.63) is 53.6 Å². The maximum absolute atomic E-state index is 13.4. The van der Waals surface area contributed by atoms with Crippen LogP contribution in [0.15, 0.2) is 48.1 Å². The maximum atomic E-state index is 13.4. The van der Waals surface area contributed by atoms with Crippen LogP contribution >= 0.6 is 0 Å². The Hall–Kier alpha value is -2.81. The maximum Gasteiger partial charge on any atom is 0.331 e. The predicted molar refractivity (Wildman–Crippen MR) is 146 cm³/mol. The van der Waals surface area contributed by atoms with Crippen molar-refractivity contribution in [2.45, 2.75) is 95.7 Å². The van der Waals surface area contributed by atoms with Gasteiger partial charge in [0.25, 0.3) is 0 Å². The number of carbonyl (C=O) groups excluding carboxylic acids is 3. The molecule has 0 heterocycles. The lowest BCUT2D eigenvalue weighted by Crippen LogP contribution is -2.80. The van der Waals surface area contributed by atoms with Crippen LogP contribution in [0, 0.1) is 22.7 Å². The summed E-state index contributed by atoms with van der Waals surface area (Å²) in [4.78, 5) is 38.9. The third-order valence-corrected chi connectivity index (χ3v) is 10.6. The fourth-order valence-corrected chi connectivity index (χ4v) is 8.75. The van der Waals surface area contributed by atoms with E-state index in [4.69, 9.17) is 9.47 Å². The lowest BCUT2D eigenvalue weighted by molar-refractivity contribution is -0.329. The fraction of sp³-hybridized carbons (Fsp3) is 0.594. The molecule has 216 valence electrons. The molecule has 0 amide bonds.